The molecule has 0 N–H and O–H groups in total. The number of ether oxygens (including phenoxy) is 1. The van der Waals surface area contributed by atoms with E-state index in [2.05, 4.69) is 4.98 Å². The number of rotatable bonds is 2. The molecule has 3 nitrogen and oxygen atoms in total. The molecule has 0 unspecified atom stereocenters. The molecule has 16 heavy (non-hydrogen) atoms. The van der Waals surface area contributed by atoms with Gasteiger partial charge in [-0.1, -0.05) is 18.2 Å². The number of benzene rings is 1. The number of hydrogen-bond acceptors (Lipinski definition) is 3. The van der Waals surface area contributed by atoms with Crippen molar-refractivity contribution in [3.8, 4) is 5.75 Å². The van der Waals surface area contributed by atoms with Crippen molar-refractivity contribution in [3.63, 3.8) is 0 Å². The van der Waals surface area contributed by atoms with Gasteiger partial charge in [0.05, 0.1) is 11.3 Å². The Hall–Kier alpha value is -2.16. The standard InChI is InChI=1S/C13H11NO2/c1-10-12(8-5-9-14-10)16-13(15)11-6-3-2-4-7-11/h2-9H,1H3. The highest BCUT2D eigenvalue weighted by molar-refractivity contribution is 5.91. The molecule has 0 radical (unpaired) electrons. The molecule has 0 fully saturated rings. The third-order valence-electron chi connectivity index (χ3n) is 2.17. The molecule has 0 saturated carbocycles. The number of carbonyl (C=O) groups excluding carboxylic acids is 1. The Morgan fingerprint density at radius 3 is 2.56 bits per heavy atom. The van der Waals surface area contributed by atoms with E-state index in [9.17, 15) is 4.79 Å². The fourth-order valence-electron chi connectivity index (χ4n) is 1.31. The number of carbonyl (C=O) groups is 1. The number of nitrogens with zero attached hydrogens (tertiary/aromatic N) is 1. The quantitative estimate of drug-likeness (QED) is 0.720. The van der Waals surface area contributed by atoms with E-state index in [1.165, 1.54) is 0 Å². The highest BCUT2D eigenvalue weighted by Crippen LogP contribution is 2.15. The van der Waals surface area contributed by atoms with Crippen molar-refractivity contribution in [2.24, 2.45) is 0 Å². The molecule has 0 amide bonds. The van der Waals surface area contributed by atoms with E-state index in [1.54, 1.807) is 49.5 Å². The Kier molecular flexibility index (Phi) is 2.96. The van der Waals surface area contributed by atoms with Crippen LogP contribution in [0, 0.1) is 6.92 Å². The van der Waals surface area contributed by atoms with Crippen molar-refractivity contribution in [1.82, 2.24) is 4.98 Å². The summed E-state index contributed by atoms with van der Waals surface area (Å²) in [5.41, 5.74) is 1.23. The SMILES string of the molecule is Cc1ncccc1OC(=O)c1ccccc1. The van der Waals surface area contributed by atoms with E-state index in [4.69, 9.17) is 4.74 Å². The maximum absolute atomic E-state index is 11.7. The lowest BCUT2D eigenvalue weighted by Gasteiger charge is -2.05. The van der Waals surface area contributed by atoms with Crippen molar-refractivity contribution in [1.29, 1.82) is 0 Å². The van der Waals surface area contributed by atoms with Crippen LogP contribution in [0.25, 0.3) is 0 Å². The van der Waals surface area contributed by atoms with Gasteiger partial charge in [-0.3, -0.25) is 4.98 Å². The van der Waals surface area contributed by atoms with Gasteiger partial charge in [-0.05, 0) is 31.2 Å². The first-order valence-corrected chi connectivity index (χ1v) is 4.96. The molecule has 1 aromatic heterocycles. The Morgan fingerprint density at radius 2 is 1.88 bits per heavy atom. The third kappa shape index (κ3) is 2.25. The lowest BCUT2D eigenvalue weighted by atomic mass is 10.2. The first kappa shape index (κ1) is 10.4. The van der Waals surface area contributed by atoms with Crippen molar-refractivity contribution >= 4 is 5.97 Å². The normalized spacial score (nSPS) is 9.81. The Labute approximate surface area is 93.7 Å². The number of aryl methyl sites for hydroxylation is 1. The van der Waals surface area contributed by atoms with Crippen LogP contribution in [0.15, 0.2) is 48.7 Å². The fourth-order valence-corrected chi connectivity index (χ4v) is 1.31. The predicted molar refractivity (Wildman–Crippen MR) is 60.4 cm³/mol. The molecule has 0 aliphatic rings. The molecule has 0 saturated heterocycles. The van der Waals surface area contributed by atoms with Crippen LogP contribution in [-0.4, -0.2) is 11.0 Å². The number of aromatic nitrogens is 1. The Morgan fingerprint density at radius 1 is 1.12 bits per heavy atom. The van der Waals surface area contributed by atoms with Gasteiger partial charge in [0.2, 0.25) is 0 Å². The van der Waals surface area contributed by atoms with Gasteiger partial charge in [-0.2, -0.15) is 0 Å². The van der Waals surface area contributed by atoms with E-state index in [0.29, 0.717) is 17.0 Å². The summed E-state index contributed by atoms with van der Waals surface area (Å²) in [5.74, 6) is 0.132. The molecule has 0 atom stereocenters. The zero-order valence-electron chi connectivity index (χ0n) is 8.88. The summed E-state index contributed by atoms with van der Waals surface area (Å²) in [6.07, 6.45) is 1.66. The van der Waals surface area contributed by atoms with Gasteiger partial charge >= 0.3 is 5.97 Å². The zero-order valence-corrected chi connectivity index (χ0v) is 8.88. The van der Waals surface area contributed by atoms with E-state index < -0.39 is 0 Å². The average Bonchev–Trinajstić information content (AvgIpc) is 2.33. The number of hydrogen-bond donors (Lipinski definition) is 0. The summed E-state index contributed by atoms with van der Waals surface area (Å²) in [6.45, 7) is 1.80. The summed E-state index contributed by atoms with van der Waals surface area (Å²) in [4.78, 5) is 15.8. The van der Waals surface area contributed by atoms with Crippen LogP contribution < -0.4 is 4.74 Å². The number of pyridine rings is 1. The minimum Gasteiger partial charge on any atom is -0.421 e. The average molecular weight is 213 g/mol. The van der Waals surface area contributed by atoms with Crippen LogP contribution in [-0.2, 0) is 0 Å². The highest BCUT2D eigenvalue weighted by Gasteiger charge is 2.09. The molecule has 0 aliphatic heterocycles. The van der Waals surface area contributed by atoms with Crippen LogP contribution >= 0.6 is 0 Å². The molecular formula is C13H11NO2. The van der Waals surface area contributed by atoms with E-state index >= 15 is 0 Å². The maximum Gasteiger partial charge on any atom is 0.343 e. The van der Waals surface area contributed by atoms with Gasteiger partial charge < -0.3 is 4.74 Å². The lowest BCUT2D eigenvalue weighted by molar-refractivity contribution is 0.0733. The van der Waals surface area contributed by atoms with E-state index in [1.807, 2.05) is 6.07 Å². The molecule has 0 bridgehead atoms. The van der Waals surface area contributed by atoms with Gasteiger partial charge in [0.1, 0.15) is 0 Å². The van der Waals surface area contributed by atoms with E-state index in [-0.39, 0.29) is 5.97 Å². The highest BCUT2D eigenvalue weighted by atomic mass is 16.5. The van der Waals surface area contributed by atoms with Crippen LogP contribution in [0.4, 0.5) is 0 Å². The molecular weight excluding hydrogens is 202 g/mol. The summed E-state index contributed by atoms with van der Waals surface area (Å²) in [7, 11) is 0. The maximum atomic E-state index is 11.7. The summed E-state index contributed by atoms with van der Waals surface area (Å²) in [6, 6.07) is 12.3. The minimum absolute atomic E-state index is 0.364. The van der Waals surface area contributed by atoms with Gasteiger partial charge in [0, 0.05) is 6.20 Å². The molecule has 3 heteroatoms. The third-order valence-corrected chi connectivity index (χ3v) is 2.17. The monoisotopic (exact) mass is 213 g/mol. The van der Waals surface area contributed by atoms with Crippen molar-refractivity contribution in [3.05, 3.63) is 59.9 Å². The second-order valence-corrected chi connectivity index (χ2v) is 3.34. The van der Waals surface area contributed by atoms with Crippen molar-refractivity contribution in [2.75, 3.05) is 0 Å². The van der Waals surface area contributed by atoms with Crippen molar-refractivity contribution in [2.45, 2.75) is 6.92 Å². The van der Waals surface area contributed by atoms with Crippen LogP contribution in [0.1, 0.15) is 16.1 Å². The summed E-state index contributed by atoms with van der Waals surface area (Å²) >= 11 is 0. The smallest absolute Gasteiger partial charge is 0.343 e. The van der Waals surface area contributed by atoms with Crippen LogP contribution in [0.3, 0.4) is 0 Å². The molecule has 1 aromatic carbocycles. The predicted octanol–water partition coefficient (Wildman–Crippen LogP) is 2.61. The second kappa shape index (κ2) is 4.57. The van der Waals surface area contributed by atoms with E-state index in [0.717, 1.165) is 0 Å². The van der Waals surface area contributed by atoms with Gasteiger partial charge in [0.15, 0.2) is 5.75 Å². The fraction of sp³-hybridized carbons (Fsp3) is 0.0769. The zero-order chi connectivity index (χ0) is 11.4. The molecule has 0 aliphatic carbocycles. The first-order valence-electron chi connectivity index (χ1n) is 4.96. The Balaban J connectivity index is 2.18. The molecule has 80 valence electrons. The largest absolute Gasteiger partial charge is 0.421 e. The number of esters is 1. The minimum atomic E-state index is -0.364. The first-order chi connectivity index (χ1) is 7.77. The molecule has 1 heterocycles. The van der Waals surface area contributed by atoms with Crippen LogP contribution in [0.5, 0.6) is 5.75 Å². The van der Waals surface area contributed by atoms with Crippen LogP contribution in [0.2, 0.25) is 0 Å². The van der Waals surface area contributed by atoms with Gasteiger partial charge in [0.25, 0.3) is 0 Å². The molecule has 0 spiro atoms. The Bertz CT molecular complexity index is 494. The molecule has 2 rings (SSSR count). The summed E-state index contributed by atoms with van der Waals surface area (Å²) in [5, 5.41) is 0. The van der Waals surface area contributed by atoms with Gasteiger partial charge in [-0.15, -0.1) is 0 Å². The topological polar surface area (TPSA) is 39.2 Å². The lowest BCUT2D eigenvalue weighted by Crippen LogP contribution is -2.09. The second-order valence-electron chi connectivity index (χ2n) is 3.34. The van der Waals surface area contributed by atoms with Gasteiger partial charge in [-0.25, -0.2) is 4.79 Å². The molecule has 2 aromatic rings. The van der Waals surface area contributed by atoms with Crippen molar-refractivity contribution < 1.29 is 9.53 Å². The summed E-state index contributed by atoms with van der Waals surface area (Å²) < 4.78 is 5.23.